The van der Waals surface area contributed by atoms with E-state index >= 15 is 0 Å². The van der Waals surface area contributed by atoms with Crippen molar-refractivity contribution in [2.24, 2.45) is 4.99 Å². The summed E-state index contributed by atoms with van der Waals surface area (Å²) < 4.78 is 5.07. The molecule has 7 heteroatoms. The van der Waals surface area contributed by atoms with Gasteiger partial charge in [-0.2, -0.15) is 0 Å². The lowest BCUT2D eigenvalue weighted by atomic mass is 10.2. The van der Waals surface area contributed by atoms with Crippen LogP contribution < -0.4 is 20.7 Å². The van der Waals surface area contributed by atoms with Crippen molar-refractivity contribution in [1.29, 1.82) is 0 Å². The minimum Gasteiger partial charge on any atom is -0.497 e. The zero-order valence-electron chi connectivity index (χ0n) is 11.9. The molecule has 1 aromatic rings. The minimum absolute atomic E-state index is 0. The van der Waals surface area contributed by atoms with Gasteiger partial charge in [0.25, 0.3) is 5.91 Å². The smallest absolute Gasteiger partial charge is 0.251 e. The van der Waals surface area contributed by atoms with E-state index in [0.717, 1.165) is 0 Å². The van der Waals surface area contributed by atoms with Crippen molar-refractivity contribution in [3.63, 3.8) is 0 Å². The average Bonchev–Trinajstić information content (AvgIpc) is 2.47. The normalized spacial score (nSPS) is 10.2. The van der Waals surface area contributed by atoms with Crippen molar-refractivity contribution in [2.75, 3.05) is 34.3 Å². The molecule has 6 nitrogen and oxygen atoms in total. The van der Waals surface area contributed by atoms with Crippen LogP contribution in [0.15, 0.2) is 29.3 Å². The van der Waals surface area contributed by atoms with Gasteiger partial charge in [-0.3, -0.25) is 9.79 Å². The van der Waals surface area contributed by atoms with Crippen LogP contribution in [0.25, 0.3) is 0 Å². The summed E-state index contributed by atoms with van der Waals surface area (Å²) in [6.45, 7) is 1.11. The molecule has 0 bridgehead atoms. The second kappa shape index (κ2) is 10.3. The molecule has 20 heavy (non-hydrogen) atoms. The van der Waals surface area contributed by atoms with E-state index in [0.29, 0.717) is 30.4 Å². The monoisotopic (exact) mass is 392 g/mol. The number of nitrogens with zero attached hydrogens (tertiary/aromatic N) is 1. The first-order valence-corrected chi connectivity index (χ1v) is 6.02. The number of rotatable bonds is 5. The van der Waals surface area contributed by atoms with Crippen LogP contribution in [0.2, 0.25) is 0 Å². The highest BCUT2D eigenvalue weighted by molar-refractivity contribution is 14.0. The molecule has 0 aliphatic carbocycles. The molecule has 0 unspecified atom stereocenters. The van der Waals surface area contributed by atoms with E-state index in [1.54, 1.807) is 45.5 Å². The van der Waals surface area contributed by atoms with Crippen LogP contribution in [0.1, 0.15) is 10.4 Å². The fraction of sp³-hybridized carbons (Fsp3) is 0.385. The number of halogens is 1. The number of aliphatic imine (C=N–C) groups is 1. The lowest BCUT2D eigenvalue weighted by Crippen LogP contribution is -2.39. The van der Waals surface area contributed by atoms with Gasteiger partial charge in [0.2, 0.25) is 0 Å². The van der Waals surface area contributed by atoms with Gasteiger partial charge in [-0.25, -0.2) is 0 Å². The van der Waals surface area contributed by atoms with Crippen molar-refractivity contribution in [3.8, 4) is 5.75 Å². The van der Waals surface area contributed by atoms with Crippen LogP contribution in [0.5, 0.6) is 5.75 Å². The number of hydrogen-bond acceptors (Lipinski definition) is 3. The van der Waals surface area contributed by atoms with Gasteiger partial charge in [0.05, 0.1) is 7.11 Å². The summed E-state index contributed by atoms with van der Waals surface area (Å²) in [6.07, 6.45) is 0. The molecule has 0 fully saturated rings. The molecule has 0 saturated heterocycles. The van der Waals surface area contributed by atoms with Crippen LogP contribution in [0, 0.1) is 0 Å². The van der Waals surface area contributed by atoms with E-state index in [1.165, 1.54) is 0 Å². The van der Waals surface area contributed by atoms with E-state index < -0.39 is 0 Å². The number of methoxy groups -OCH3 is 1. The maximum atomic E-state index is 11.9. The van der Waals surface area contributed by atoms with Gasteiger partial charge in [-0.1, -0.05) is 6.07 Å². The number of amides is 1. The van der Waals surface area contributed by atoms with Crippen LogP contribution in [-0.4, -0.2) is 46.2 Å². The van der Waals surface area contributed by atoms with Crippen molar-refractivity contribution < 1.29 is 9.53 Å². The van der Waals surface area contributed by atoms with Crippen LogP contribution in [-0.2, 0) is 0 Å². The van der Waals surface area contributed by atoms with Gasteiger partial charge in [-0.05, 0) is 18.2 Å². The highest BCUT2D eigenvalue weighted by atomic mass is 127. The Morgan fingerprint density at radius 2 is 2.00 bits per heavy atom. The molecule has 1 amide bonds. The number of benzene rings is 1. The molecule has 1 aromatic carbocycles. The van der Waals surface area contributed by atoms with E-state index in [-0.39, 0.29) is 29.9 Å². The summed E-state index contributed by atoms with van der Waals surface area (Å²) in [5, 5.41) is 8.76. The third-order valence-electron chi connectivity index (χ3n) is 2.50. The van der Waals surface area contributed by atoms with Gasteiger partial charge in [0.15, 0.2) is 5.96 Å². The number of guanidine groups is 1. The van der Waals surface area contributed by atoms with Crippen LogP contribution >= 0.6 is 24.0 Å². The molecule has 1 rings (SSSR count). The van der Waals surface area contributed by atoms with Crippen molar-refractivity contribution in [3.05, 3.63) is 29.8 Å². The Balaban J connectivity index is 0.00000361. The average molecular weight is 392 g/mol. The Morgan fingerprint density at radius 3 is 2.60 bits per heavy atom. The van der Waals surface area contributed by atoms with Gasteiger partial charge >= 0.3 is 0 Å². The third-order valence-corrected chi connectivity index (χ3v) is 2.50. The molecular formula is C13H21IN4O2. The topological polar surface area (TPSA) is 74.8 Å². The number of ether oxygens (including phenoxy) is 1. The zero-order chi connectivity index (χ0) is 14.1. The molecule has 0 aliphatic heterocycles. The highest BCUT2D eigenvalue weighted by Crippen LogP contribution is 2.11. The number of carbonyl (C=O) groups excluding carboxylic acids is 1. The first-order chi connectivity index (χ1) is 9.21. The Hall–Kier alpha value is -1.51. The zero-order valence-corrected chi connectivity index (χ0v) is 14.2. The highest BCUT2D eigenvalue weighted by Gasteiger charge is 2.05. The van der Waals surface area contributed by atoms with Gasteiger partial charge in [0.1, 0.15) is 5.75 Å². The predicted molar refractivity (Wildman–Crippen MR) is 91.2 cm³/mol. The second-order valence-electron chi connectivity index (χ2n) is 3.74. The summed E-state index contributed by atoms with van der Waals surface area (Å²) >= 11 is 0. The summed E-state index contributed by atoms with van der Waals surface area (Å²) in [6, 6.07) is 7.04. The van der Waals surface area contributed by atoms with Crippen molar-refractivity contribution >= 4 is 35.8 Å². The van der Waals surface area contributed by atoms with Crippen LogP contribution in [0.3, 0.4) is 0 Å². The first-order valence-electron chi connectivity index (χ1n) is 6.02. The standard InChI is InChI=1S/C13H20N4O2.HI/c1-14-13(15-2)17-8-7-16-12(18)10-5-4-6-11(9-10)19-3;/h4-6,9H,7-8H2,1-3H3,(H,16,18)(H2,14,15,17);1H. The van der Waals surface area contributed by atoms with Crippen LogP contribution in [0.4, 0.5) is 0 Å². The fourth-order valence-corrected chi connectivity index (χ4v) is 1.50. The molecule has 0 aliphatic rings. The second-order valence-corrected chi connectivity index (χ2v) is 3.74. The molecule has 0 spiro atoms. The first kappa shape index (κ1) is 18.5. The molecular weight excluding hydrogens is 371 g/mol. The van der Waals surface area contributed by atoms with Crippen molar-refractivity contribution in [1.82, 2.24) is 16.0 Å². The third kappa shape index (κ3) is 6.09. The summed E-state index contributed by atoms with van der Waals surface area (Å²) in [7, 11) is 5.04. The number of hydrogen-bond donors (Lipinski definition) is 3. The lowest BCUT2D eigenvalue weighted by Gasteiger charge is -2.09. The van der Waals surface area contributed by atoms with E-state index in [9.17, 15) is 4.79 Å². The molecule has 0 aromatic heterocycles. The molecule has 0 radical (unpaired) electrons. The summed E-state index contributed by atoms with van der Waals surface area (Å²) in [5.74, 6) is 1.23. The van der Waals surface area contributed by atoms with E-state index in [2.05, 4.69) is 20.9 Å². The maximum Gasteiger partial charge on any atom is 0.251 e. The minimum atomic E-state index is -0.125. The van der Waals surface area contributed by atoms with Crippen molar-refractivity contribution in [2.45, 2.75) is 0 Å². The molecule has 0 saturated carbocycles. The maximum absolute atomic E-state index is 11.9. The summed E-state index contributed by atoms with van der Waals surface area (Å²) in [5.41, 5.74) is 0.581. The molecule has 0 atom stereocenters. The molecule has 112 valence electrons. The quantitative estimate of drug-likeness (QED) is 0.301. The van der Waals surface area contributed by atoms with Gasteiger partial charge < -0.3 is 20.7 Å². The largest absolute Gasteiger partial charge is 0.497 e. The Bertz CT molecular complexity index is 452. The fourth-order valence-electron chi connectivity index (χ4n) is 1.50. The number of carbonyl (C=O) groups is 1. The Kier molecular flexibility index (Phi) is 9.52. The van der Waals surface area contributed by atoms with Gasteiger partial charge in [0, 0.05) is 32.7 Å². The van der Waals surface area contributed by atoms with E-state index in [4.69, 9.17) is 4.74 Å². The molecule has 3 N–H and O–H groups in total. The van der Waals surface area contributed by atoms with E-state index in [1.807, 2.05) is 0 Å². The predicted octanol–water partition coefficient (Wildman–Crippen LogP) is 0.838. The Labute approximate surface area is 136 Å². The Morgan fingerprint density at radius 1 is 1.30 bits per heavy atom. The number of nitrogens with one attached hydrogen (secondary N) is 3. The SMILES string of the molecule is CN=C(NC)NCCNC(=O)c1cccc(OC)c1.I. The lowest BCUT2D eigenvalue weighted by molar-refractivity contribution is 0.0954. The molecule has 0 heterocycles. The summed E-state index contributed by atoms with van der Waals surface area (Å²) in [4.78, 5) is 15.8. The van der Waals surface area contributed by atoms with Gasteiger partial charge in [-0.15, -0.1) is 24.0 Å².